The van der Waals surface area contributed by atoms with Gasteiger partial charge in [0.05, 0.1) is 11.4 Å². The molecule has 0 radical (unpaired) electrons. The van der Waals surface area contributed by atoms with Crippen molar-refractivity contribution in [1.82, 2.24) is 0 Å². The standard InChI is InChI=1S/C20H18N4O2/c1-3-23-15-11-7-5-9-13(15)17(19(23)25)21-22-18-14-10-6-8-12-16(14)24(4-2)20(18)26/h5-12H,3-4H2,1-2H3/b21-17-,22-18+. The minimum absolute atomic E-state index is 0.191. The third-order valence-electron chi connectivity index (χ3n) is 4.68. The number of fused-ring (bicyclic) bond motifs is 2. The van der Waals surface area contributed by atoms with Crippen LogP contribution in [0.1, 0.15) is 25.0 Å². The summed E-state index contributed by atoms with van der Waals surface area (Å²) in [6.45, 7) is 4.94. The van der Waals surface area contributed by atoms with Crippen LogP contribution in [-0.4, -0.2) is 36.3 Å². The van der Waals surface area contributed by atoms with Crippen molar-refractivity contribution in [3.8, 4) is 0 Å². The van der Waals surface area contributed by atoms with Crippen LogP contribution < -0.4 is 9.80 Å². The number of rotatable bonds is 3. The third-order valence-corrected chi connectivity index (χ3v) is 4.68. The molecule has 2 aliphatic heterocycles. The van der Waals surface area contributed by atoms with E-state index in [1.165, 1.54) is 0 Å². The number of carbonyl (C=O) groups is 2. The number of hydrogen-bond acceptors (Lipinski definition) is 4. The van der Waals surface area contributed by atoms with Gasteiger partial charge in [-0.25, -0.2) is 0 Å². The zero-order valence-corrected chi connectivity index (χ0v) is 14.6. The summed E-state index contributed by atoms with van der Waals surface area (Å²) in [6, 6.07) is 15.0. The lowest BCUT2D eigenvalue weighted by Gasteiger charge is -2.12. The fourth-order valence-electron chi connectivity index (χ4n) is 3.44. The normalized spacial score (nSPS) is 18.8. The van der Waals surface area contributed by atoms with Crippen molar-refractivity contribution in [1.29, 1.82) is 0 Å². The van der Waals surface area contributed by atoms with Crippen LogP contribution in [0.25, 0.3) is 0 Å². The van der Waals surface area contributed by atoms with Crippen LogP contribution in [-0.2, 0) is 9.59 Å². The zero-order valence-electron chi connectivity index (χ0n) is 14.6. The van der Waals surface area contributed by atoms with E-state index in [-0.39, 0.29) is 23.2 Å². The molecule has 0 atom stereocenters. The number of hydrogen-bond donors (Lipinski definition) is 0. The summed E-state index contributed by atoms with van der Waals surface area (Å²) in [5.74, 6) is -0.381. The molecule has 0 N–H and O–H groups in total. The van der Waals surface area contributed by atoms with Crippen LogP contribution in [0.3, 0.4) is 0 Å². The Balaban J connectivity index is 1.81. The van der Waals surface area contributed by atoms with Crippen molar-refractivity contribution in [3.63, 3.8) is 0 Å². The summed E-state index contributed by atoms with van der Waals surface area (Å²) in [5, 5.41) is 8.42. The molecule has 2 heterocycles. The average molecular weight is 346 g/mol. The Morgan fingerprint density at radius 2 is 1.08 bits per heavy atom. The Labute approximate surface area is 151 Å². The number of benzene rings is 2. The lowest BCUT2D eigenvalue weighted by molar-refractivity contribution is -0.113. The minimum atomic E-state index is -0.191. The highest BCUT2D eigenvalue weighted by atomic mass is 16.2. The van der Waals surface area contributed by atoms with Crippen LogP contribution in [0, 0.1) is 0 Å². The number of para-hydroxylation sites is 2. The van der Waals surface area contributed by atoms with Crippen molar-refractivity contribution in [2.75, 3.05) is 22.9 Å². The first-order valence-corrected chi connectivity index (χ1v) is 8.65. The molecule has 0 unspecified atom stereocenters. The minimum Gasteiger partial charge on any atom is -0.307 e. The van der Waals surface area contributed by atoms with Gasteiger partial charge in [-0.15, -0.1) is 10.2 Å². The monoisotopic (exact) mass is 346 g/mol. The molecule has 0 aliphatic carbocycles. The summed E-state index contributed by atoms with van der Waals surface area (Å²) in [5.41, 5.74) is 3.69. The first-order valence-electron chi connectivity index (χ1n) is 8.65. The second-order valence-electron chi connectivity index (χ2n) is 6.03. The Morgan fingerprint density at radius 1 is 0.692 bits per heavy atom. The van der Waals surface area contributed by atoms with Gasteiger partial charge in [-0.05, 0) is 26.0 Å². The number of carbonyl (C=O) groups excluding carboxylic acids is 2. The molecule has 2 aliphatic rings. The second kappa shape index (κ2) is 6.22. The lowest BCUT2D eigenvalue weighted by atomic mass is 10.1. The average Bonchev–Trinajstić information content (AvgIpc) is 3.10. The summed E-state index contributed by atoms with van der Waals surface area (Å²) in [6.07, 6.45) is 0. The van der Waals surface area contributed by atoms with E-state index < -0.39 is 0 Å². The predicted octanol–water partition coefficient (Wildman–Crippen LogP) is 2.61. The maximum absolute atomic E-state index is 12.7. The maximum atomic E-state index is 12.7. The van der Waals surface area contributed by atoms with E-state index in [0.717, 1.165) is 22.5 Å². The third kappa shape index (κ3) is 2.26. The highest BCUT2D eigenvalue weighted by molar-refractivity contribution is 6.56. The smallest absolute Gasteiger partial charge is 0.279 e. The van der Waals surface area contributed by atoms with Gasteiger partial charge in [0.2, 0.25) is 0 Å². The van der Waals surface area contributed by atoms with Crippen LogP contribution in [0.4, 0.5) is 11.4 Å². The molecular formula is C20H18N4O2. The van der Waals surface area contributed by atoms with Crippen molar-refractivity contribution >= 4 is 34.6 Å². The van der Waals surface area contributed by atoms with E-state index in [1.807, 2.05) is 62.4 Å². The Hall–Kier alpha value is -3.28. The first-order chi connectivity index (χ1) is 12.7. The Kier molecular flexibility index (Phi) is 3.88. The molecule has 26 heavy (non-hydrogen) atoms. The first kappa shape index (κ1) is 16.2. The number of amides is 2. The van der Waals surface area contributed by atoms with Gasteiger partial charge < -0.3 is 9.80 Å². The van der Waals surface area contributed by atoms with Gasteiger partial charge in [0.15, 0.2) is 11.4 Å². The molecule has 0 spiro atoms. The molecule has 2 aromatic rings. The van der Waals surface area contributed by atoms with Gasteiger partial charge in [0.25, 0.3) is 11.8 Å². The SMILES string of the molecule is CCN1C(=O)/C(=N\N=C2\C(=O)N(CC)c3ccccc32)c2ccccc21. The fraction of sp³-hybridized carbons (Fsp3) is 0.200. The molecule has 2 aromatic carbocycles. The summed E-state index contributed by atoms with van der Waals surface area (Å²) < 4.78 is 0. The van der Waals surface area contributed by atoms with E-state index in [1.54, 1.807) is 9.80 Å². The van der Waals surface area contributed by atoms with Crippen LogP contribution in [0.15, 0.2) is 58.7 Å². The molecule has 2 amide bonds. The van der Waals surface area contributed by atoms with E-state index in [9.17, 15) is 9.59 Å². The molecule has 0 aromatic heterocycles. The maximum Gasteiger partial charge on any atom is 0.279 e. The Morgan fingerprint density at radius 3 is 1.46 bits per heavy atom. The largest absolute Gasteiger partial charge is 0.307 e. The van der Waals surface area contributed by atoms with Gasteiger partial charge in [0, 0.05) is 24.2 Å². The molecule has 0 saturated heterocycles. The number of likely N-dealkylation sites (N-methyl/N-ethyl adjacent to an activating group) is 2. The quantitative estimate of drug-likeness (QED) is 0.802. The molecule has 6 heteroatoms. The summed E-state index contributed by atoms with van der Waals surface area (Å²) in [7, 11) is 0. The Bertz CT molecular complexity index is 898. The van der Waals surface area contributed by atoms with Gasteiger partial charge in [-0.1, -0.05) is 36.4 Å². The zero-order chi connectivity index (χ0) is 18.3. The van der Waals surface area contributed by atoms with Gasteiger partial charge in [-0.3, -0.25) is 9.59 Å². The second-order valence-corrected chi connectivity index (χ2v) is 6.03. The molecule has 4 rings (SSSR count). The van der Waals surface area contributed by atoms with Gasteiger partial charge in [-0.2, -0.15) is 0 Å². The van der Waals surface area contributed by atoms with Crippen molar-refractivity contribution in [3.05, 3.63) is 59.7 Å². The molecular weight excluding hydrogens is 328 g/mol. The summed E-state index contributed by atoms with van der Waals surface area (Å²) in [4.78, 5) is 28.7. The van der Waals surface area contributed by atoms with Crippen LogP contribution in [0.5, 0.6) is 0 Å². The van der Waals surface area contributed by atoms with Gasteiger partial charge in [0.1, 0.15) is 0 Å². The topological polar surface area (TPSA) is 65.3 Å². The van der Waals surface area contributed by atoms with Crippen LogP contribution in [0.2, 0.25) is 0 Å². The van der Waals surface area contributed by atoms with E-state index in [2.05, 4.69) is 10.2 Å². The lowest BCUT2D eigenvalue weighted by Crippen LogP contribution is -2.30. The molecule has 6 nitrogen and oxygen atoms in total. The molecule has 130 valence electrons. The molecule has 0 saturated carbocycles. The van der Waals surface area contributed by atoms with E-state index in [0.29, 0.717) is 13.1 Å². The molecule has 0 bridgehead atoms. The van der Waals surface area contributed by atoms with Crippen molar-refractivity contribution < 1.29 is 9.59 Å². The molecule has 0 fully saturated rings. The highest BCUT2D eigenvalue weighted by Crippen LogP contribution is 2.31. The summed E-state index contributed by atoms with van der Waals surface area (Å²) >= 11 is 0. The van der Waals surface area contributed by atoms with Crippen molar-refractivity contribution in [2.24, 2.45) is 10.2 Å². The van der Waals surface area contributed by atoms with E-state index in [4.69, 9.17) is 0 Å². The predicted molar refractivity (Wildman–Crippen MR) is 102 cm³/mol. The number of anilines is 2. The fourth-order valence-corrected chi connectivity index (χ4v) is 3.44. The van der Waals surface area contributed by atoms with Crippen LogP contribution >= 0.6 is 0 Å². The highest BCUT2D eigenvalue weighted by Gasteiger charge is 2.35. The van der Waals surface area contributed by atoms with Crippen molar-refractivity contribution in [2.45, 2.75) is 13.8 Å². The van der Waals surface area contributed by atoms with E-state index >= 15 is 0 Å². The van der Waals surface area contributed by atoms with Gasteiger partial charge >= 0.3 is 0 Å². The number of nitrogens with zero attached hydrogens (tertiary/aromatic N) is 4.